The average Bonchev–Trinajstić information content (AvgIpc) is 1.60. The van der Waals surface area contributed by atoms with Gasteiger partial charge in [0, 0.05) is 0 Å². The Balaban J connectivity index is 4.06. The minimum absolute atomic E-state index is 0.609. The Morgan fingerprint density at radius 2 is 1.90 bits per heavy atom. The quantitative estimate of drug-likeness (QED) is 0.416. The van der Waals surface area contributed by atoms with Crippen molar-refractivity contribution in [2.24, 2.45) is 16.6 Å². The molecule has 0 unspecified atom stereocenters. The first-order chi connectivity index (χ1) is 4.33. The van der Waals surface area contributed by atoms with Crippen molar-refractivity contribution in [1.29, 1.82) is 0 Å². The van der Waals surface area contributed by atoms with E-state index in [0.717, 1.165) is 0 Å². The second-order valence-corrected chi connectivity index (χ2v) is 3.50. The van der Waals surface area contributed by atoms with E-state index >= 15 is 0 Å². The number of sulfonamides is 1. The van der Waals surface area contributed by atoms with E-state index in [1.54, 1.807) is 0 Å². The van der Waals surface area contributed by atoms with E-state index < -0.39 is 27.7 Å². The minimum atomic E-state index is -3.69. The highest BCUT2D eigenvalue weighted by Crippen LogP contribution is 1.82. The highest BCUT2D eigenvalue weighted by molar-refractivity contribution is 7.89. The smallest absolute Gasteiger partial charge is 0.235 e. The van der Waals surface area contributed by atoms with Gasteiger partial charge in [-0.15, -0.1) is 0 Å². The summed E-state index contributed by atoms with van der Waals surface area (Å²) in [5.41, 5.74) is 9.63. The Labute approximate surface area is 58.4 Å². The molecule has 1 amide bonds. The SMILES string of the molecule is NC(=O)[C@@H](N)CS(N)(=O)=O. The molecular formula is C3H9N3O3S. The second kappa shape index (κ2) is 2.95. The summed E-state index contributed by atoms with van der Waals surface area (Å²) >= 11 is 0. The van der Waals surface area contributed by atoms with E-state index in [-0.39, 0.29) is 0 Å². The predicted molar refractivity (Wildman–Crippen MR) is 35.1 cm³/mol. The van der Waals surface area contributed by atoms with Gasteiger partial charge in [0.05, 0.1) is 11.8 Å². The first-order valence-corrected chi connectivity index (χ1v) is 4.10. The number of carbonyl (C=O) groups is 1. The van der Waals surface area contributed by atoms with Crippen molar-refractivity contribution in [3.63, 3.8) is 0 Å². The van der Waals surface area contributed by atoms with Gasteiger partial charge in [-0.3, -0.25) is 4.79 Å². The minimum Gasteiger partial charge on any atom is -0.368 e. The van der Waals surface area contributed by atoms with E-state index in [2.05, 4.69) is 10.9 Å². The van der Waals surface area contributed by atoms with E-state index in [9.17, 15) is 13.2 Å². The van der Waals surface area contributed by atoms with Crippen molar-refractivity contribution in [3.8, 4) is 0 Å². The van der Waals surface area contributed by atoms with Gasteiger partial charge in [-0.1, -0.05) is 0 Å². The summed E-state index contributed by atoms with van der Waals surface area (Å²) in [5.74, 6) is -1.49. The maximum atomic E-state index is 10.2. The van der Waals surface area contributed by atoms with Gasteiger partial charge in [0.25, 0.3) is 0 Å². The summed E-state index contributed by atoms with van der Waals surface area (Å²) in [6.45, 7) is 0. The van der Waals surface area contributed by atoms with Crippen LogP contribution in [-0.4, -0.2) is 26.1 Å². The summed E-state index contributed by atoms with van der Waals surface area (Å²) < 4.78 is 20.5. The first kappa shape index (κ1) is 9.34. The molecule has 0 aliphatic heterocycles. The Hall–Kier alpha value is -0.660. The zero-order valence-corrected chi connectivity index (χ0v) is 5.97. The van der Waals surface area contributed by atoms with Crippen molar-refractivity contribution < 1.29 is 13.2 Å². The van der Waals surface area contributed by atoms with Crippen LogP contribution >= 0.6 is 0 Å². The molecule has 0 aromatic carbocycles. The van der Waals surface area contributed by atoms with Gasteiger partial charge >= 0.3 is 0 Å². The van der Waals surface area contributed by atoms with Gasteiger partial charge in [-0.05, 0) is 0 Å². The number of rotatable bonds is 3. The summed E-state index contributed by atoms with van der Waals surface area (Å²) in [6.07, 6.45) is 0. The Bertz CT molecular complexity index is 221. The average molecular weight is 167 g/mol. The molecule has 60 valence electrons. The standard InChI is InChI=1S/C3H9N3O3S/c4-2(3(5)7)1-10(6,8)9/h2H,1,4H2,(H2,5,7)(H2,6,8,9)/t2-/m0/s1. The predicted octanol–water partition coefficient (Wildman–Crippen LogP) is -2.91. The van der Waals surface area contributed by atoms with Crippen molar-refractivity contribution in [2.75, 3.05) is 5.75 Å². The lowest BCUT2D eigenvalue weighted by atomic mass is 10.4. The van der Waals surface area contributed by atoms with E-state index in [1.807, 2.05) is 0 Å². The van der Waals surface area contributed by atoms with Crippen molar-refractivity contribution >= 4 is 15.9 Å². The van der Waals surface area contributed by atoms with Gasteiger partial charge < -0.3 is 11.5 Å². The number of hydrogen-bond donors (Lipinski definition) is 3. The molecule has 1 atom stereocenters. The highest BCUT2D eigenvalue weighted by atomic mass is 32.2. The van der Waals surface area contributed by atoms with E-state index in [0.29, 0.717) is 0 Å². The fourth-order valence-electron chi connectivity index (χ4n) is 0.332. The monoisotopic (exact) mass is 167 g/mol. The summed E-state index contributed by atoms with van der Waals surface area (Å²) in [6, 6.07) is -1.21. The Kier molecular flexibility index (Phi) is 2.76. The molecule has 6 nitrogen and oxygen atoms in total. The normalized spacial score (nSPS) is 14.6. The molecule has 0 spiro atoms. The molecule has 6 N–H and O–H groups in total. The molecule has 0 heterocycles. The van der Waals surface area contributed by atoms with Crippen LogP contribution < -0.4 is 16.6 Å². The number of primary sulfonamides is 1. The molecule has 0 aliphatic rings. The maximum Gasteiger partial charge on any atom is 0.235 e. The zero-order chi connectivity index (χ0) is 8.36. The molecule has 0 aliphatic carbocycles. The van der Waals surface area contributed by atoms with Gasteiger partial charge in [0.15, 0.2) is 0 Å². The highest BCUT2D eigenvalue weighted by Gasteiger charge is 2.15. The number of amides is 1. The zero-order valence-electron chi connectivity index (χ0n) is 5.15. The fourth-order valence-corrected chi connectivity index (χ4v) is 0.997. The molecule has 7 heteroatoms. The van der Waals surface area contributed by atoms with Crippen LogP contribution in [0.3, 0.4) is 0 Å². The third kappa shape index (κ3) is 4.24. The Morgan fingerprint density at radius 1 is 1.50 bits per heavy atom. The molecule has 0 fully saturated rings. The molecule has 0 aromatic heterocycles. The molecule has 0 rings (SSSR count). The van der Waals surface area contributed by atoms with Crippen molar-refractivity contribution in [1.82, 2.24) is 0 Å². The number of carbonyl (C=O) groups excluding carboxylic acids is 1. The Morgan fingerprint density at radius 3 is 2.00 bits per heavy atom. The lowest BCUT2D eigenvalue weighted by molar-refractivity contribution is -0.118. The molecule has 10 heavy (non-hydrogen) atoms. The lowest BCUT2D eigenvalue weighted by Crippen LogP contribution is -2.43. The van der Waals surface area contributed by atoms with Crippen LogP contribution in [0, 0.1) is 0 Å². The molecular weight excluding hydrogens is 158 g/mol. The summed E-state index contributed by atoms with van der Waals surface area (Å²) in [5, 5.41) is 4.56. The van der Waals surface area contributed by atoms with Crippen LogP contribution in [0.5, 0.6) is 0 Å². The third-order valence-corrected chi connectivity index (χ3v) is 1.60. The third-order valence-electron chi connectivity index (χ3n) is 0.777. The molecule has 0 bridgehead atoms. The largest absolute Gasteiger partial charge is 0.368 e. The molecule has 0 saturated heterocycles. The molecule has 0 aromatic rings. The number of primary amides is 1. The maximum absolute atomic E-state index is 10.2. The summed E-state index contributed by atoms with van der Waals surface area (Å²) in [4.78, 5) is 10.2. The van der Waals surface area contributed by atoms with Crippen molar-refractivity contribution in [3.05, 3.63) is 0 Å². The van der Waals surface area contributed by atoms with E-state index in [4.69, 9.17) is 5.73 Å². The van der Waals surface area contributed by atoms with Gasteiger partial charge in [-0.2, -0.15) is 0 Å². The summed E-state index contributed by atoms with van der Waals surface area (Å²) in [7, 11) is -3.69. The van der Waals surface area contributed by atoms with E-state index in [1.165, 1.54) is 0 Å². The van der Waals surface area contributed by atoms with Crippen LogP contribution in [0.2, 0.25) is 0 Å². The van der Waals surface area contributed by atoms with Crippen LogP contribution in [0.4, 0.5) is 0 Å². The van der Waals surface area contributed by atoms with Crippen LogP contribution in [0.25, 0.3) is 0 Å². The van der Waals surface area contributed by atoms with Crippen molar-refractivity contribution in [2.45, 2.75) is 6.04 Å². The van der Waals surface area contributed by atoms with Crippen LogP contribution in [0.1, 0.15) is 0 Å². The van der Waals surface area contributed by atoms with Crippen LogP contribution in [-0.2, 0) is 14.8 Å². The second-order valence-electron chi connectivity index (χ2n) is 1.84. The van der Waals surface area contributed by atoms with Gasteiger partial charge in [0.2, 0.25) is 15.9 Å². The van der Waals surface area contributed by atoms with Gasteiger partial charge in [-0.25, -0.2) is 13.6 Å². The molecule has 0 radical (unpaired) electrons. The topological polar surface area (TPSA) is 129 Å². The number of hydrogen-bond acceptors (Lipinski definition) is 4. The first-order valence-electron chi connectivity index (χ1n) is 2.38. The van der Waals surface area contributed by atoms with Crippen LogP contribution in [0.15, 0.2) is 0 Å². The number of nitrogens with two attached hydrogens (primary N) is 3. The van der Waals surface area contributed by atoms with Gasteiger partial charge in [0.1, 0.15) is 0 Å². The fraction of sp³-hybridized carbons (Fsp3) is 0.667. The molecule has 0 saturated carbocycles. The lowest BCUT2D eigenvalue weighted by Gasteiger charge is -2.03.